The van der Waals surface area contributed by atoms with Crippen molar-refractivity contribution in [3.63, 3.8) is 0 Å². The number of amides is 2. The molecule has 2 aromatic rings. The maximum Gasteiger partial charge on any atom is 0.245 e. The van der Waals surface area contributed by atoms with Gasteiger partial charge in [-0.1, -0.05) is 49.0 Å². The molecule has 2 N–H and O–H groups in total. The summed E-state index contributed by atoms with van der Waals surface area (Å²) in [5, 5.41) is 15.9. The Balaban J connectivity index is 1.45. The Morgan fingerprint density at radius 2 is 1.85 bits per heavy atom. The molecule has 27 heavy (non-hydrogen) atoms. The van der Waals surface area contributed by atoms with Crippen molar-refractivity contribution in [1.82, 2.24) is 10.2 Å². The van der Waals surface area contributed by atoms with Gasteiger partial charge in [-0.05, 0) is 41.7 Å². The first-order valence-electron chi connectivity index (χ1n) is 9.37. The molecular weight excluding hydrogens is 340 g/mol. The number of piperidine rings is 1. The second-order valence-electron chi connectivity index (χ2n) is 7.21. The first-order valence-corrected chi connectivity index (χ1v) is 9.37. The molecule has 0 atom stereocenters. The van der Waals surface area contributed by atoms with E-state index < -0.39 is 5.60 Å². The molecule has 142 valence electrons. The van der Waals surface area contributed by atoms with Crippen molar-refractivity contribution < 1.29 is 14.7 Å². The summed E-state index contributed by atoms with van der Waals surface area (Å²) in [7, 11) is 0. The van der Waals surface area contributed by atoms with E-state index in [2.05, 4.69) is 42.2 Å². The molecule has 0 unspecified atom stereocenters. The van der Waals surface area contributed by atoms with Crippen LogP contribution in [0.4, 0.5) is 0 Å². The molecule has 0 radical (unpaired) electrons. The lowest BCUT2D eigenvalue weighted by molar-refractivity contribution is -0.133. The molecule has 2 amide bonds. The van der Waals surface area contributed by atoms with E-state index in [0.29, 0.717) is 32.5 Å². The van der Waals surface area contributed by atoms with Crippen LogP contribution in [0.5, 0.6) is 0 Å². The standard InChI is InChI=1S/C22H26N2O3/c1-2-21(26)24-13-10-22(27,11-14-24)16-20(25)23-12-9-17-7-8-18-5-3-4-6-19(18)15-17/h2-8,15,27H,1,9-14,16H2,(H,23,25). The zero-order chi connectivity index (χ0) is 19.3. The maximum atomic E-state index is 12.2. The fourth-order valence-corrected chi connectivity index (χ4v) is 3.55. The van der Waals surface area contributed by atoms with Crippen LogP contribution in [0.25, 0.3) is 10.8 Å². The van der Waals surface area contributed by atoms with Gasteiger partial charge in [-0.15, -0.1) is 0 Å². The summed E-state index contributed by atoms with van der Waals surface area (Å²) in [5.74, 6) is -0.279. The number of carbonyl (C=O) groups excluding carboxylic acids is 2. The van der Waals surface area contributed by atoms with E-state index in [4.69, 9.17) is 0 Å². The number of carbonyl (C=O) groups is 2. The van der Waals surface area contributed by atoms with Crippen molar-refractivity contribution in [3.05, 3.63) is 60.7 Å². The van der Waals surface area contributed by atoms with Gasteiger partial charge in [-0.2, -0.15) is 0 Å². The molecule has 1 heterocycles. The number of likely N-dealkylation sites (tertiary alicyclic amines) is 1. The lowest BCUT2D eigenvalue weighted by Crippen LogP contribution is -2.48. The van der Waals surface area contributed by atoms with Crippen molar-refractivity contribution in [2.45, 2.75) is 31.3 Å². The van der Waals surface area contributed by atoms with Gasteiger partial charge >= 0.3 is 0 Å². The molecular formula is C22H26N2O3. The van der Waals surface area contributed by atoms with Gasteiger partial charge in [-0.3, -0.25) is 9.59 Å². The van der Waals surface area contributed by atoms with Gasteiger partial charge < -0.3 is 15.3 Å². The molecule has 1 aliphatic rings. The first kappa shape index (κ1) is 19.1. The van der Waals surface area contributed by atoms with Gasteiger partial charge in [0.05, 0.1) is 12.0 Å². The second kappa shape index (κ2) is 8.35. The summed E-state index contributed by atoms with van der Waals surface area (Å²) in [6, 6.07) is 14.5. The van der Waals surface area contributed by atoms with Gasteiger partial charge in [-0.25, -0.2) is 0 Å². The molecule has 3 rings (SSSR count). The first-order chi connectivity index (χ1) is 13.0. The molecule has 1 fully saturated rings. The van der Waals surface area contributed by atoms with Crippen molar-refractivity contribution in [2.75, 3.05) is 19.6 Å². The predicted octanol–water partition coefficient (Wildman–Crippen LogP) is 2.43. The lowest BCUT2D eigenvalue weighted by atomic mass is 9.88. The van der Waals surface area contributed by atoms with Gasteiger partial charge in [0.15, 0.2) is 0 Å². The molecule has 1 saturated heterocycles. The Hall–Kier alpha value is -2.66. The number of nitrogens with zero attached hydrogens (tertiary/aromatic N) is 1. The summed E-state index contributed by atoms with van der Waals surface area (Å²) in [6.07, 6.45) is 2.91. The van der Waals surface area contributed by atoms with Crippen LogP contribution in [0.3, 0.4) is 0 Å². The van der Waals surface area contributed by atoms with Crippen molar-refractivity contribution >= 4 is 22.6 Å². The van der Waals surface area contributed by atoms with E-state index in [-0.39, 0.29) is 18.2 Å². The van der Waals surface area contributed by atoms with E-state index in [0.717, 1.165) is 6.42 Å². The minimum atomic E-state index is -1.04. The Labute approximate surface area is 159 Å². The van der Waals surface area contributed by atoms with Crippen LogP contribution < -0.4 is 5.32 Å². The van der Waals surface area contributed by atoms with E-state index in [1.54, 1.807) is 4.90 Å². The quantitative estimate of drug-likeness (QED) is 0.772. The highest BCUT2D eigenvalue weighted by atomic mass is 16.3. The van der Waals surface area contributed by atoms with Gasteiger partial charge in [0.1, 0.15) is 0 Å². The van der Waals surface area contributed by atoms with Crippen molar-refractivity contribution in [3.8, 4) is 0 Å². The summed E-state index contributed by atoms with van der Waals surface area (Å²) in [5.41, 5.74) is 0.134. The van der Waals surface area contributed by atoms with E-state index >= 15 is 0 Å². The zero-order valence-electron chi connectivity index (χ0n) is 15.5. The lowest BCUT2D eigenvalue weighted by Gasteiger charge is -2.37. The Bertz CT molecular complexity index is 838. The van der Waals surface area contributed by atoms with Gasteiger partial charge in [0, 0.05) is 19.6 Å². The average molecular weight is 366 g/mol. The summed E-state index contributed by atoms with van der Waals surface area (Å²) in [4.78, 5) is 25.5. The molecule has 5 nitrogen and oxygen atoms in total. The van der Waals surface area contributed by atoms with Crippen LogP contribution >= 0.6 is 0 Å². The molecule has 0 bridgehead atoms. The maximum absolute atomic E-state index is 12.2. The summed E-state index contributed by atoms with van der Waals surface area (Å²) in [6.45, 7) is 4.91. The van der Waals surface area contributed by atoms with Crippen LogP contribution in [0.1, 0.15) is 24.8 Å². The normalized spacial score (nSPS) is 16.1. The SMILES string of the molecule is C=CC(=O)N1CCC(O)(CC(=O)NCCc2ccc3ccccc3c2)CC1. The molecule has 1 aliphatic heterocycles. The third-order valence-electron chi connectivity index (χ3n) is 5.22. The van der Waals surface area contributed by atoms with Crippen LogP contribution in [0.2, 0.25) is 0 Å². The highest BCUT2D eigenvalue weighted by molar-refractivity contribution is 5.87. The Kier molecular flexibility index (Phi) is 5.91. The predicted molar refractivity (Wildman–Crippen MR) is 106 cm³/mol. The summed E-state index contributed by atoms with van der Waals surface area (Å²) >= 11 is 0. The number of aliphatic hydroxyl groups is 1. The fraction of sp³-hybridized carbons (Fsp3) is 0.364. The minimum absolute atomic E-state index is 0.0703. The van der Waals surface area contributed by atoms with Crippen LogP contribution in [-0.4, -0.2) is 47.1 Å². The molecule has 2 aromatic carbocycles. The topological polar surface area (TPSA) is 69.6 Å². The highest BCUT2D eigenvalue weighted by Gasteiger charge is 2.35. The number of rotatable bonds is 6. The van der Waals surface area contributed by atoms with E-state index in [9.17, 15) is 14.7 Å². The van der Waals surface area contributed by atoms with Crippen LogP contribution in [-0.2, 0) is 16.0 Å². The third kappa shape index (κ3) is 4.95. The molecule has 0 spiro atoms. The number of fused-ring (bicyclic) bond motifs is 1. The largest absolute Gasteiger partial charge is 0.389 e. The monoisotopic (exact) mass is 366 g/mol. The average Bonchev–Trinajstić information content (AvgIpc) is 2.67. The van der Waals surface area contributed by atoms with E-state index in [1.807, 2.05) is 12.1 Å². The van der Waals surface area contributed by atoms with E-state index in [1.165, 1.54) is 22.4 Å². The van der Waals surface area contributed by atoms with Crippen LogP contribution in [0.15, 0.2) is 55.1 Å². The molecule has 5 heteroatoms. The van der Waals surface area contributed by atoms with Gasteiger partial charge in [0.25, 0.3) is 0 Å². The molecule has 0 aromatic heterocycles. The summed E-state index contributed by atoms with van der Waals surface area (Å²) < 4.78 is 0. The van der Waals surface area contributed by atoms with Crippen LogP contribution in [0, 0.1) is 0 Å². The number of hydrogen-bond donors (Lipinski definition) is 2. The minimum Gasteiger partial charge on any atom is -0.389 e. The number of nitrogens with one attached hydrogen (secondary N) is 1. The Morgan fingerprint density at radius 1 is 1.15 bits per heavy atom. The second-order valence-corrected chi connectivity index (χ2v) is 7.21. The smallest absolute Gasteiger partial charge is 0.245 e. The third-order valence-corrected chi connectivity index (χ3v) is 5.22. The molecule has 0 saturated carbocycles. The highest BCUT2D eigenvalue weighted by Crippen LogP contribution is 2.25. The zero-order valence-corrected chi connectivity index (χ0v) is 15.5. The Morgan fingerprint density at radius 3 is 2.56 bits per heavy atom. The van der Waals surface area contributed by atoms with Crippen molar-refractivity contribution in [2.24, 2.45) is 0 Å². The van der Waals surface area contributed by atoms with Crippen molar-refractivity contribution in [1.29, 1.82) is 0 Å². The fourth-order valence-electron chi connectivity index (χ4n) is 3.55. The number of benzene rings is 2. The molecule has 0 aliphatic carbocycles. The van der Waals surface area contributed by atoms with Gasteiger partial charge in [0.2, 0.25) is 11.8 Å². The number of hydrogen-bond acceptors (Lipinski definition) is 3.